The number of fused-ring (bicyclic) bond motifs is 1. The molecule has 3 amide bonds. The quantitative estimate of drug-likeness (QED) is 0.271. The number of rotatable bonds is 5. The molecule has 8 nitrogen and oxygen atoms in total. The molecule has 228 valence electrons. The summed E-state index contributed by atoms with van der Waals surface area (Å²) in [6.45, 7) is 6.47. The molecule has 2 aliphatic rings. The number of carbonyl (C=O) groups is 3. The molecule has 1 atom stereocenters. The fourth-order valence-corrected chi connectivity index (χ4v) is 6.23. The molecule has 0 N–H and O–H groups in total. The van der Waals surface area contributed by atoms with Crippen LogP contribution in [0.5, 0.6) is 0 Å². The summed E-state index contributed by atoms with van der Waals surface area (Å²) in [6, 6.07) is 8.85. The summed E-state index contributed by atoms with van der Waals surface area (Å²) in [6.07, 6.45) is -0.273. The molecule has 0 saturated carbocycles. The Morgan fingerprint density at radius 2 is 1.93 bits per heavy atom. The summed E-state index contributed by atoms with van der Waals surface area (Å²) in [7, 11) is 0. The zero-order valence-corrected chi connectivity index (χ0v) is 25.4. The van der Waals surface area contributed by atoms with Gasteiger partial charge in [0.15, 0.2) is 0 Å². The second kappa shape index (κ2) is 11.9. The minimum Gasteiger partial charge on any atom is -0.444 e. The lowest BCUT2D eigenvalue weighted by molar-refractivity contribution is -0.138. The molecule has 0 radical (unpaired) electrons. The third kappa shape index (κ3) is 7.18. The van der Waals surface area contributed by atoms with Gasteiger partial charge in [0.25, 0.3) is 11.1 Å². The van der Waals surface area contributed by atoms with E-state index in [0.29, 0.717) is 29.6 Å². The molecule has 43 heavy (non-hydrogen) atoms. The number of amides is 3. The Morgan fingerprint density at radius 3 is 2.65 bits per heavy atom. The maximum Gasteiger partial charge on any atom is 0.416 e. The van der Waals surface area contributed by atoms with Crippen LogP contribution in [0.25, 0.3) is 17.0 Å². The Balaban J connectivity index is 1.28. The first-order chi connectivity index (χ1) is 20.2. The highest BCUT2D eigenvalue weighted by atomic mass is 35.5. The van der Waals surface area contributed by atoms with Crippen LogP contribution in [0.15, 0.2) is 47.5 Å². The maximum atomic E-state index is 13.6. The number of alkyl halides is 3. The second-order valence-electron chi connectivity index (χ2n) is 11.6. The minimum absolute atomic E-state index is 0.00281. The number of likely N-dealkylation sites (tertiary alicyclic amines) is 1. The van der Waals surface area contributed by atoms with Gasteiger partial charge in [0.05, 0.1) is 28.7 Å². The van der Waals surface area contributed by atoms with Gasteiger partial charge in [-0.3, -0.25) is 19.2 Å². The average Bonchev–Trinajstić information content (AvgIpc) is 3.43. The highest BCUT2D eigenvalue weighted by Gasteiger charge is 2.38. The van der Waals surface area contributed by atoms with Crippen LogP contribution in [0, 0.1) is 5.92 Å². The van der Waals surface area contributed by atoms with E-state index in [2.05, 4.69) is 5.10 Å². The number of piperidine rings is 1. The molecule has 3 aromatic rings. The first-order valence-corrected chi connectivity index (χ1v) is 14.9. The molecule has 3 heterocycles. The molecular formula is C30H30ClF3N4O4S. The summed E-state index contributed by atoms with van der Waals surface area (Å²) < 4.78 is 47.6. The van der Waals surface area contributed by atoms with E-state index in [1.165, 1.54) is 21.7 Å². The predicted molar refractivity (Wildman–Crippen MR) is 158 cm³/mol. The molecule has 0 bridgehead atoms. The first-order valence-electron chi connectivity index (χ1n) is 13.7. The Labute approximate surface area is 255 Å². The number of hydrogen-bond donors (Lipinski definition) is 0. The molecule has 2 saturated heterocycles. The number of thioether (sulfide) groups is 1. The molecule has 2 aliphatic heterocycles. The molecule has 2 aromatic carbocycles. The van der Waals surface area contributed by atoms with Gasteiger partial charge in [0.1, 0.15) is 5.60 Å². The van der Waals surface area contributed by atoms with Crippen molar-refractivity contribution in [3.63, 3.8) is 0 Å². The van der Waals surface area contributed by atoms with Gasteiger partial charge in [-0.05, 0) is 92.8 Å². The first kappa shape index (κ1) is 30.9. The summed E-state index contributed by atoms with van der Waals surface area (Å²) in [5, 5.41) is 4.57. The standard InChI is InChI=1S/C30H30ClF3N4O4S/c1-29(2,3)42-27(40)36-10-4-5-19(15-36)16-37-26(39)25(43-28(37)41)12-18-6-9-24-21(11-18)14-35-38(24)17-20-7-8-22(31)13-23(20)30(32,33)34/h6-9,11-14,19H,4-5,10,15-17H2,1-3H3/t19-/m1/s1. The van der Waals surface area contributed by atoms with E-state index in [4.69, 9.17) is 16.3 Å². The molecule has 13 heteroatoms. The van der Waals surface area contributed by atoms with Crippen LogP contribution in [0.2, 0.25) is 5.02 Å². The van der Waals surface area contributed by atoms with Crippen molar-refractivity contribution in [3.8, 4) is 0 Å². The Kier molecular flexibility index (Phi) is 8.54. The number of hydrogen-bond acceptors (Lipinski definition) is 6. The van der Waals surface area contributed by atoms with Crippen molar-refractivity contribution in [3.05, 3.63) is 69.2 Å². The van der Waals surface area contributed by atoms with Gasteiger partial charge < -0.3 is 9.64 Å². The van der Waals surface area contributed by atoms with Gasteiger partial charge in [-0.2, -0.15) is 18.3 Å². The van der Waals surface area contributed by atoms with Gasteiger partial charge in [-0.25, -0.2) is 4.79 Å². The Morgan fingerprint density at radius 1 is 1.16 bits per heavy atom. The number of halogens is 4. The van der Waals surface area contributed by atoms with Crippen LogP contribution in [0.4, 0.5) is 22.8 Å². The van der Waals surface area contributed by atoms with E-state index >= 15 is 0 Å². The van der Waals surface area contributed by atoms with Crippen molar-refractivity contribution in [2.75, 3.05) is 19.6 Å². The van der Waals surface area contributed by atoms with Crippen LogP contribution in [0.1, 0.15) is 50.3 Å². The maximum absolute atomic E-state index is 13.6. The zero-order chi connectivity index (χ0) is 31.1. The topological polar surface area (TPSA) is 84.7 Å². The lowest BCUT2D eigenvalue weighted by Gasteiger charge is -2.35. The van der Waals surface area contributed by atoms with E-state index in [1.54, 1.807) is 56.1 Å². The summed E-state index contributed by atoms with van der Waals surface area (Å²) in [5.74, 6) is -0.461. The van der Waals surface area contributed by atoms with Crippen LogP contribution < -0.4 is 0 Å². The van der Waals surface area contributed by atoms with Gasteiger partial charge in [0.2, 0.25) is 0 Å². The lowest BCUT2D eigenvalue weighted by atomic mass is 9.97. The Hall–Kier alpha value is -3.51. The highest BCUT2D eigenvalue weighted by molar-refractivity contribution is 8.18. The molecular weight excluding hydrogens is 605 g/mol. The molecule has 0 spiro atoms. The minimum atomic E-state index is -4.56. The van der Waals surface area contributed by atoms with Crippen molar-refractivity contribution in [1.82, 2.24) is 19.6 Å². The second-order valence-corrected chi connectivity index (χ2v) is 13.1. The van der Waals surface area contributed by atoms with E-state index < -0.39 is 29.3 Å². The lowest BCUT2D eigenvalue weighted by Crippen LogP contribution is -2.46. The monoisotopic (exact) mass is 634 g/mol. The number of carbonyl (C=O) groups excluding carboxylic acids is 3. The van der Waals surface area contributed by atoms with Crippen molar-refractivity contribution in [1.29, 1.82) is 0 Å². The van der Waals surface area contributed by atoms with E-state index in [-0.39, 0.29) is 39.7 Å². The number of ether oxygens (including phenoxy) is 1. The molecule has 5 rings (SSSR count). The van der Waals surface area contributed by atoms with E-state index in [1.807, 2.05) is 0 Å². The highest BCUT2D eigenvalue weighted by Crippen LogP contribution is 2.36. The van der Waals surface area contributed by atoms with Gasteiger partial charge in [-0.1, -0.05) is 23.7 Å². The van der Waals surface area contributed by atoms with Gasteiger partial charge >= 0.3 is 12.3 Å². The third-order valence-electron chi connectivity index (χ3n) is 7.15. The van der Waals surface area contributed by atoms with Crippen LogP contribution in [-0.4, -0.2) is 62.1 Å². The summed E-state index contributed by atoms with van der Waals surface area (Å²) in [4.78, 5) is 41.6. The zero-order valence-electron chi connectivity index (χ0n) is 23.8. The van der Waals surface area contributed by atoms with Crippen molar-refractivity contribution in [2.24, 2.45) is 5.92 Å². The fraction of sp³-hybridized carbons (Fsp3) is 0.400. The normalized spacial score (nSPS) is 19.1. The van der Waals surface area contributed by atoms with Gasteiger partial charge in [0, 0.05) is 30.0 Å². The summed E-state index contributed by atoms with van der Waals surface area (Å²) in [5.41, 5.74) is -0.140. The Bertz CT molecular complexity index is 1610. The molecule has 0 unspecified atom stereocenters. The smallest absolute Gasteiger partial charge is 0.416 e. The van der Waals surface area contributed by atoms with Crippen LogP contribution in [-0.2, 0) is 22.3 Å². The van der Waals surface area contributed by atoms with Crippen molar-refractivity contribution < 1.29 is 32.3 Å². The summed E-state index contributed by atoms with van der Waals surface area (Å²) >= 11 is 6.66. The predicted octanol–water partition coefficient (Wildman–Crippen LogP) is 7.44. The number of nitrogens with zero attached hydrogens (tertiary/aromatic N) is 4. The number of benzene rings is 2. The number of imide groups is 1. The van der Waals surface area contributed by atoms with Crippen LogP contribution >= 0.6 is 23.4 Å². The fourth-order valence-electron chi connectivity index (χ4n) is 5.21. The van der Waals surface area contributed by atoms with E-state index in [9.17, 15) is 27.6 Å². The number of aromatic nitrogens is 2. The molecule has 2 fully saturated rings. The van der Waals surface area contributed by atoms with Crippen molar-refractivity contribution in [2.45, 2.75) is 51.9 Å². The van der Waals surface area contributed by atoms with Crippen LogP contribution in [0.3, 0.4) is 0 Å². The third-order valence-corrected chi connectivity index (χ3v) is 8.29. The largest absolute Gasteiger partial charge is 0.444 e. The van der Waals surface area contributed by atoms with E-state index in [0.717, 1.165) is 30.7 Å². The van der Waals surface area contributed by atoms with Crippen molar-refractivity contribution >= 4 is 57.6 Å². The molecule has 1 aromatic heterocycles. The molecule has 0 aliphatic carbocycles. The average molecular weight is 635 g/mol. The SMILES string of the molecule is CC(C)(C)OC(=O)N1CCC[C@@H](CN2C(=O)SC(=Cc3ccc4c(cnn4Cc4ccc(Cl)cc4C(F)(F)F)c3)C2=O)C1. The van der Waals surface area contributed by atoms with Gasteiger partial charge in [-0.15, -0.1) is 0 Å².